The smallest absolute Gasteiger partial charge is 0.270 e. The van der Waals surface area contributed by atoms with Gasteiger partial charge in [-0.3, -0.25) is 10.1 Å². The first-order valence-corrected chi connectivity index (χ1v) is 7.71. The van der Waals surface area contributed by atoms with E-state index in [1.807, 2.05) is 30.3 Å². The van der Waals surface area contributed by atoms with Gasteiger partial charge in [0, 0.05) is 23.3 Å². The van der Waals surface area contributed by atoms with E-state index in [0.717, 1.165) is 5.56 Å². The van der Waals surface area contributed by atoms with Crippen LogP contribution in [0.15, 0.2) is 65.3 Å². The molecule has 0 fully saturated rings. The van der Waals surface area contributed by atoms with Gasteiger partial charge in [0.1, 0.15) is 12.9 Å². The molecular weight excluding hydrogens is 336 g/mol. The molecule has 26 heavy (non-hydrogen) atoms. The average molecular weight is 348 g/mol. The molecular formula is C17H12N6O3. The Kier molecular flexibility index (Phi) is 3.94. The predicted octanol–water partition coefficient (Wildman–Crippen LogP) is 2.95. The lowest BCUT2D eigenvalue weighted by Crippen LogP contribution is -2.00. The van der Waals surface area contributed by atoms with Gasteiger partial charge >= 0.3 is 0 Å². The molecule has 0 bridgehead atoms. The Morgan fingerprint density at radius 1 is 1.04 bits per heavy atom. The topological polar surface area (TPSA) is 113 Å². The first-order chi connectivity index (χ1) is 12.7. The minimum atomic E-state index is -0.454. The summed E-state index contributed by atoms with van der Waals surface area (Å²) in [7, 11) is 0. The van der Waals surface area contributed by atoms with Gasteiger partial charge in [0.05, 0.1) is 4.92 Å². The first-order valence-electron chi connectivity index (χ1n) is 7.71. The zero-order valence-electron chi connectivity index (χ0n) is 13.4. The van der Waals surface area contributed by atoms with Gasteiger partial charge in [0.2, 0.25) is 11.8 Å². The van der Waals surface area contributed by atoms with Crippen molar-refractivity contribution in [2.45, 2.75) is 6.54 Å². The van der Waals surface area contributed by atoms with Crippen LogP contribution in [-0.4, -0.2) is 29.9 Å². The van der Waals surface area contributed by atoms with Crippen LogP contribution in [0, 0.1) is 10.1 Å². The maximum atomic E-state index is 10.9. The molecule has 0 N–H and O–H groups in total. The number of nitrogens with zero attached hydrogens (tertiary/aromatic N) is 6. The van der Waals surface area contributed by atoms with E-state index in [0.29, 0.717) is 23.2 Å². The molecule has 0 saturated heterocycles. The second kappa shape index (κ2) is 6.55. The molecule has 2 aromatic heterocycles. The summed E-state index contributed by atoms with van der Waals surface area (Å²) < 4.78 is 7.18. The second-order valence-electron chi connectivity index (χ2n) is 5.44. The van der Waals surface area contributed by atoms with Gasteiger partial charge in [-0.25, -0.2) is 9.67 Å². The lowest BCUT2D eigenvalue weighted by molar-refractivity contribution is -0.384. The summed E-state index contributed by atoms with van der Waals surface area (Å²) in [6, 6.07) is 15.6. The minimum absolute atomic E-state index is 0.0109. The quantitative estimate of drug-likeness (QED) is 0.402. The fourth-order valence-corrected chi connectivity index (χ4v) is 2.42. The molecule has 0 radical (unpaired) electrons. The zero-order chi connectivity index (χ0) is 17.9. The summed E-state index contributed by atoms with van der Waals surface area (Å²) in [5.41, 5.74) is 1.39. The third kappa shape index (κ3) is 3.18. The van der Waals surface area contributed by atoms with Crippen molar-refractivity contribution >= 4 is 5.69 Å². The SMILES string of the molecule is O=[N+]([O-])c1cccc(-c2ncn(Cc3nnc(-c4ccccc4)o3)n2)c1. The molecule has 0 amide bonds. The lowest BCUT2D eigenvalue weighted by Gasteiger charge is -1.97. The monoisotopic (exact) mass is 348 g/mol. The van der Waals surface area contributed by atoms with Crippen LogP contribution in [0.25, 0.3) is 22.8 Å². The van der Waals surface area contributed by atoms with Gasteiger partial charge in [-0.15, -0.1) is 10.2 Å². The molecule has 0 aliphatic rings. The molecule has 0 atom stereocenters. The second-order valence-corrected chi connectivity index (χ2v) is 5.44. The molecule has 2 aromatic carbocycles. The molecule has 4 aromatic rings. The summed E-state index contributed by atoms with van der Waals surface area (Å²) in [5, 5.41) is 23.2. The Morgan fingerprint density at radius 2 is 1.85 bits per heavy atom. The Balaban J connectivity index is 1.53. The Bertz CT molecular complexity index is 1060. The maximum Gasteiger partial charge on any atom is 0.270 e. The van der Waals surface area contributed by atoms with E-state index in [9.17, 15) is 10.1 Å². The molecule has 0 saturated carbocycles. The number of aromatic nitrogens is 5. The molecule has 0 aliphatic carbocycles. The number of non-ortho nitro benzene ring substituents is 1. The van der Waals surface area contributed by atoms with E-state index in [-0.39, 0.29) is 12.2 Å². The van der Waals surface area contributed by atoms with Crippen molar-refractivity contribution in [1.82, 2.24) is 25.0 Å². The summed E-state index contributed by atoms with van der Waals surface area (Å²) in [6.07, 6.45) is 1.51. The van der Waals surface area contributed by atoms with Crippen LogP contribution in [-0.2, 0) is 6.54 Å². The van der Waals surface area contributed by atoms with Crippen molar-refractivity contribution in [3.63, 3.8) is 0 Å². The normalized spacial score (nSPS) is 10.8. The molecule has 9 heteroatoms. The molecule has 0 spiro atoms. The fourth-order valence-electron chi connectivity index (χ4n) is 2.42. The number of nitro benzene ring substituents is 1. The van der Waals surface area contributed by atoms with Crippen LogP contribution < -0.4 is 0 Å². The summed E-state index contributed by atoms with van der Waals surface area (Å²) >= 11 is 0. The largest absolute Gasteiger partial charge is 0.419 e. The van der Waals surface area contributed by atoms with Crippen molar-refractivity contribution < 1.29 is 9.34 Å². The van der Waals surface area contributed by atoms with Crippen molar-refractivity contribution in [3.8, 4) is 22.8 Å². The van der Waals surface area contributed by atoms with E-state index in [1.165, 1.54) is 23.1 Å². The van der Waals surface area contributed by atoms with Crippen molar-refractivity contribution in [2.24, 2.45) is 0 Å². The molecule has 128 valence electrons. The van der Waals surface area contributed by atoms with E-state index in [2.05, 4.69) is 20.3 Å². The zero-order valence-corrected chi connectivity index (χ0v) is 13.4. The van der Waals surface area contributed by atoms with Gasteiger partial charge in [-0.05, 0) is 12.1 Å². The highest BCUT2D eigenvalue weighted by molar-refractivity contribution is 5.58. The van der Waals surface area contributed by atoms with Gasteiger partial charge in [0.25, 0.3) is 5.69 Å². The van der Waals surface area contributed by atoms with Crippen LogP contribution in [0.2, 0.25) is 0 Å². The third-order valence-corrected chi connectivity index (χ3v) is 3.64. The van der Waals surface area contributed by atoms with Crippen LogP contribution in [0.4, 0.5) is 5.69 Å². The van der Waals surface area contributed by atoms with Crippen molar-refractivity contribution in [1.29, 1.82) is 0 Å². The standard InChI is InChI=1S/C17H12N6O3/c24-23(25)14-8-4-7-13(9-14)16-18-11-22(21-16)10-15-19-20-17(26-15)12-5-2-1-3-6-12/h1-9,11H,10H2. The van der Waals surface area contributed by atoms with E-state index in [4.69, 9.17) is 4.42 Å². The fraction of sp³-hybridized carbons (Fsp3) is 0.0588. The van der Waals surface area contributed by atoms with E-state index < -0.39 is 4.92 Å². The van der Waals surface area contributed by atoms with Crippen LogP contribution in [0.1, 0.15) is 5.89 Å². The summed E-state index contributed by atoms with van der Waals surface area (Å²) in [4.78, 5) is 14.6. The summed E-state index contributed by atoms with van der Waals surface area (Å²) in [5.74, 6) is 1.20. The van der Waals surface area contributed by atoms with Crippen LogP contribution in [0.3, 0.4) is 0 Å². The number of nitro groups is 1. The van der Waals surface area contributed by atoms with Gasteiger partial charge in [0.15, 0.2) is 5.82 Å². The maximum absolute atomic E-state index is 10.9. The molecule has 0 aliphatic heterocycles. The third-order valence-electron chi connectivity index (χ3n) is 3.64. The Labute approximate surface area is 147 Å². The molecule has 4 rings (SSSR count). The minimum Gasteiger partial charge on any atom is -0.419 e. The van der Waals surface area contributed by atoms with Crippen molar-refractivity contribution in [2.75, 3.05) is 0 Å². The first kappa shape index (κ1) is 15.6. The molecule has 0 unspecified atom stereocenters. The van der Waals surface area contributed by atoms with Crippen molar-refractivity contribution in [3.05, 3.63) is 76.9 Å². The highest BCUT2D eigenvalue weighted by atomic mass is 16.6. The Morgan fingerprint density at radius 3 is 2.65 bits per heavy atom. The number of rotatable bonds is 5. The number of hydrogen-bond acceptors (Lipinski definition) is 7. The highest BCUT2D eigenvalue weighted by Crippen LogP contribution is 2.21. The lowest BCUT2D eigenvalue weighted by atomic mass is 10.2. The van der Waals surface area contributed by atoms with Gasteiger partial charge in [-0.1, -0.05) is 30.3 Å². The number of benzene rings is 2. The van der Waals surface area contributed by atoms with E-state index in [1.54, 1.807) is 12.1 Å². The highest BCUT2D eigenvalue weighted by Gasteiger charge is 2.12. The molecule has 9 nitrogen and oxygen atoms in total. The molecule has 2 heterocycles. The van der Waals surface area contributed by atoms with Gasteiger partial charge < -0.3 is 4.42 Å². The number of hydrogen-bond donors (Lipinski definition) is 0. The Hall–Kier alpha value is -3.88. The van der Waals surface area contributed by atoms with E-state index >= 15 is 0 Å². The van der Waals surface area contributed by atoms with Gasteiger partial charge in [-0.2, -0.15) is 5.10 Å². The average Bonchev–Trinajstić information content (AvgIpc) is 3.33. The predicted molar refractivity (Wildman–Crippen MR) is 90.9 cm³/mol. The van der Waals surface area contributed by atoms with Crippen LogP contribution >= 0.6 is 0 Å². The van der Waals surface area contributed by atoms with Crippen LogP contribution in [0.5, 0.6) is 0 Å². The summed E-state index contributed by atoms with van der Waals surface area (Å²) in [6.45, 7) is 0.252.